The molecule has 1 aromatic carbocycles. The standard InChI is InChI=1S/C14H17N3O2S/c1-9-13(20-8-16-9)7-17(2)14(18)11-6-10(19-3)4-5-12(11)15/h4-6,8H,7,15H2,1-3H3. The highest BCUT2D eigenvalue weighted by molar-refractivity contribution is 7.09. The number of nitrogen functional groups attached to an aromatic ring is 1. The maximum Gasteiger partial charge on any atom is 0.256 e. The third-order valence-corrected chi connectivity index (χ3v) is 3.98. The lowest BCUT2D eigenvalue weighted by Gasteiger charge is -2.18. The lowest BCUT2D eigenvalue weighted by Crippen LogP contribution is -2.27. The first-order chi connectivity index (χ1) is 9.52. The van der Waals surface area contributed by atoms with Gasteiger partial charge in [0, 0.05) is 17.6 Å². The zero-order chi connectivity index (χ0) is 14.7. The van der Waals surface area contributed by atoms with Gasteiger partial charge in [0.2, 0.25) is 0 Å². The number of methoxy groups -OCH3 is 1. The molecule has 2 aromatic rings. The molecule has 0 radical (unpaired) electrons. The van der Waals surface area contributed by atoms with Crippen LogP contribution in [0.3, 0.4) is 0 Å². The Labute approximate surface area is 122 Å². The number of benzene rings is 1. The van der Waals surface area contributed by atoms with Crippen LogP contribution in [-0.2, 0) is 6.54 Å². The largest absolute Gasteiger partial charge is 0.497 e. The SMILES string of the molecule is COc1ccc(N)c(C(=O)N(C)Cc2scnc2C)c1. The molecule has 0 aliphatic rings. The van der Waals surface area contributed by atoms with Crippen molar-refractivity contribution in [1.29, 1.82) is 0 Å². The summed E-state index contributed by atoms with van der Waals surface area (Å²) in [5.41, 5.74) is 9.51. The Balaban J connectivity index is 2.20. The summed E-state index contributed by atoms with van der Waals surface area (Å²) in [6.07, 6.45) is 0. The average molecular weight is 291 g/mol. The third kappa shape index (κ3) is 2.91. The number of aromatic nitrogens is 1. The van der Waals surface area contributed by atoms with E-state index in [4.69, 9.17) is 10.5 Å². The molecule has 0 unspecified atom stereocenters. The van der Waals surface area contributed by atoms with E-state index in [1.54, 1.807) is 54.1 Å². The van der Waals surface area contributed by atoms with E-state index in [0.29, 0.717) is 23.5 Å². The summed E-state index contributed by atoms with van der Waals surface area (Å²) in [5, 5.41) is 0. The topological polar surface area (TPSA) is 68.5 Å². The van der Waals surface area contributed by atoms with Gasteiger partial charge in [0.15, 0.2) is 0 Å². The molecule has 5 nitrogen and oxygen atoms in total. The normalized spacial score (nSPS) is 10.3. The summed E-state index contributed by atoms with van der Waals surface area (Å²) >= 11 is 1.54. The zero-order valence-corrected chi connectivity index (χ0v) is 12.5. The Kier molecular flexibility index (Phi) is 4.24. The van der Waals surface area contributed by atoms with Crippen LogP contribution >= 0.6 is 11.3 Å². The molecule has 106 valence electrons. The zero-order valence-electron chi connectivity index (χ0n) is 11.7. The number of carbonyl (C=O) groups excluding carboxylic acids is 1. The highest BCUT2D eigenvalue weighted by Gasteiger charge is 2.17. The number of rotatable bonds is 4. The summed E-state index contributed by atoms with van der Waals surface area (Å²) in [5.74, 6) is 0.485. The molecule has 2 rings (SSSR count). The van der Waals surface area contributed by atoms with Crippen molar-refractivity contribution in [3.05, 3.63) is 39.8 Å². The molecule has 0 bridgehead atoms. The van der Waals surface area contributed by atoms with Gasteiger partial charge in [-0.05, 0) is 25.1 Å². The number of thiazole rings is 1. The lowest BCUT2D eigenvalue weighted by atomic mass is 10.1. The van der Waals surface area contributed by atoms with Gasteiger partial charge in [-0.1, -0.05) is 0 Å². The first kappa shape index (κ1) is 14.3. The van der Waals surface area contributed by atoms with Gasteiger partial charge in [0.25, 0.3) is 5.91 Å². The Hall–Kier alpha value is -2.08. The highest BCUT2D eigenvalue weighted by Crippen LogP contribution is 2.22. The van der Waals surface area contributed by atoms with Crippen LogP contribution in [0.4, 0.5) is 5.69 Å². The number of amides is 1. The summed E-state index contributed by atoms with van der Waals surface area (Å²) < 4.78 is 5.13. The lowest BCUT2D eigenvalue weighted by molar-refractivity contribution is 0.0787. The second-order valence-corrected chi connectivity index (χ2v) is 5.41. The second kappa shape index (κ2) is 5.92. The molecular formula is C14H17N3O2S. The van der Waals surface area contributed by atoms with Crippen LogP contribution in [0.15, 0.2) is 23.7 Å². The van der Waals surface area contributed by atoms with E-state index in [-0.39, 0.29) is 5.91 Å². The van der Waals surface area contributed by atoms with Gasteiger partial charge >= 0.3 is 0 Å². The van der Waals surface area contributed by atoms with Gasteiger partial charge in [0.1, 0.15) is 5.75 Å². The van der Waals surface area contributed by atoms with Crippen molar-refractivity contribution in [3.8, 4) is 5.75 Å². The third-order valence-electron chi connectivity index (χ3n) is 3.06. The number of anilines is 1. The van der Waals surface area contributed by atoms with E-state index in [0.717, 1.165) is 10.6 Å². The van der Waals surface area contributed by atoms with Crippen LogP contribution in [-0.4, -0.2) is 29.9 Å². The second-order valence-electron chi connectivity index (χ2n) is 4.48. The van der Waals surface area contributed by atoms with Crippen molar-refractivity contribution in [2.75, 3.05) is 19.9 Å². The number of carbonyl (C=O) groups is 1. The molecule has 0 spiro atoms. The first-order valence-electron chi connectivity index (χ1n) is 6.11. The molecule has 1 heterocycles. The smallest absolute Gasteiger partial charge is 0.256 e. The molecular weight excluding hydrogens is 274 g/mol. The minimum absolute atomic E-state index is 0.130. The van der Waals surface area contributed by atoms with Crippen molar-refractivity contribution in [1.82, 2.24) is 9.88 Å². The molecule has 20 heavy (non-hydrogen) atoms. The molecule has 0 atom stereocenters. The number of nitrogens with two attached hydrogens (primary N) is 1. The predicted octanol–water partition coefficient (Wildman–Crippen LogP) is 2.31. The fraction of sp³-hybridized carbons (Fsp3) is 0.286. The monoisotopic (exact) mass is 291 g/mol. The van der Waals surface area contributed by atoms with Gasteiger partial charge < -0.3 is 15.4 Å². The van der Waals surface area contributed by atoms with E-state index in [9.17, 15) is 4.79 Å². The minimum Gasteiger partial charge on any atom is -0.497 e. The van der Waals surface area contributed by atoms with Gasteiger partial charge in [-0.2, -0.15) is 0 Å². The van der Waals surface area contributed by atoms with Crippen molar-refractivity contribution in [2.24, 2.45) is 0 Å². The van der Waals surface area contributed by atoms with Crippen molar-refractivity contribution >= 4 is 22.9 Å². The summed E-state index contributed by atoms with van der Waals surface area (Å²) in [7, 11) is 3.31. The number of nitrogens with zero attached hydrogens (tertiary/aromatic N) is 2. The van der Waals surface area contributed by atoms with Gasteiger partial charge in [-0.25, -0.2) is 4.98 Å². The number of ether oxygens (including phenoxy) is 1. The van der Waals surface area contributed by atoms with Crippen molar-refractivity contribution < 1.29 is 9.53 Å². The molecule has 0 fully saturated rings. The summed E-state index contributed by atoms with van der Waals surface area (Å²) in [6.45, 7) is 2.45. The molecule has 0 aliphatic heterocycles. The van der Waals surface area contributed by atoms with Gasteiger partial charge in [0.05, 0.1) is 30.4 Å². The molecule has 1 amide bonds. The number of hydrogen-bond acceptors (Lipinski definition) is 5. The Bertz CT molecular complexity index is 625. The fourth-order valence-electron chi connectivity index (χ4n) is 1.82. The molecule has 6 heteroatoms. The van der Waals surface area contributed by atoms with E-state index in [1.165, 1.54) is 0 Å². The molecule has 2 N–H and O–H groups in total. The van der Waals surface area contributed by atoms with Crippen LogP contribution in [0.1, 0.15) is 20.9 Å². The average Bonchev–Trinajstić information content (AvgIpc) is 2.84. The predicted molar refractivity (Wildman–Crippen MR) is 80.1 cm³/mol. The van der Waals surface area contributed by atoms with E-state index >= 15 is 0 Å². The Morgan fingerprint density at radius 3 is 2.85 bits per heavy atom. The molecule has 0 aliphatic carbocycles. The van der Waals surface area contributed by atoms with Crippen LogP contribution < -0.4 is 10.5 Å². The van der Waals surface area contributed by atoms with Gasteiger partial charge in [-0.15, -0.1) is 11.3 Å². The van der Waals surface area contributed by atoms with Crippen LogP contribution in [0, 0.1) is 6.92 Å². The number of hydrogen-bond donors (Lipinski definition) is 1. The van der Waals surface area contributed by atoms with E-state index in [1.807, 2.05) is 6.92 Å². The molecule has 0 saturated carbocycles. The fourth-order valence-corrected chi connectivity index (χ4v) is 2.65. The first-order valence-corrected chi connectivity index (χ1v) is 6.99. The van der Waals surface area contributed by atoms with Crippen LogP contribution in [0.2, 0.25) is 0 Å². The van der Waals surface area contributed by atoms with E-state index < -0.39 is 0 Å². The quantitative estimate of drug-likeness (QED) is 0.878. The maximum absolute atomic E-state index is 12.4. The summed E-state index contributed by atoms with van der Waals surface area (Å²) in [4.78, 5) is 19.3. The summed E-state index contributed by atoms with van der Waals surface area (Å²) in [6, 6.07) is 5.07. The Morgan fingerprint density at radius 1 is 1.50 bits per heavy atom. The molecule has 1 aromatic heterocycles. The van der Waals surface area contributed by atoms with Crippen molar-refractivity contribution in [3.63, 3.8) is 0 Å². The van der Waals surface area contributed by atoms with Crippen LogP contribution in [0.25, 0.3) is 0 Å². The van der Waals surface area contributed by atoms with Crippen LogP contribution in [0.5, 0.6) is 5.75 Å². The minimum atomic E-state index is -0.130. The number of aryl methyl sites for hydroxylation is 1. The molecule has 0 saturated heterocycles. The maximum atomic E-state index is 12.4. The Morgan fingerprint density at radius 2 is 2.25 bits per heavy atom. The van der Waals surface area contributed by atoms with E-state index in [2.05, 4.69) is 4.98 Å². The highest BCUT2D eigenvalue weighted by atomic mass is 32.1. The van der Waals surface area contributed by atoms with Gasteiger partial charge in [-0.3, -0.25) is 4.79 Å². The van der Waals surface area contributed by atoms with Crippen molar-refractivity contribution in [2.45, 2.75) is 13.5 Å².